The van der Waals surface area contributed by atoms with Crippen molar-refractivity contribution in [1.29, 1.82) is 0 Å². The Hall–Kier alpha value is -2.68. The summed E-state index contributed by atoms with van der Waals surface area (Å²) in [5.41, 5.74) is 7.44. The molecule has 5 aromatic rings. The van der Waals surface area contributed by atoms with Gasteiger partial charge in [0.2, 0.25) is 0 Å². The summed E-state index contributed by atoms with van der Waals surface area (Å²) < 4.78 is 2.23. The van der Waals surface area contributed by atoms with Crippen molar-refractivity contribution in [2.45, 2.75) is 5.41 Å². The first kappa shape index (κ1) is 19.0. The van der Waals surface area contributed by atoms with Crippen LogP contribution in [0, 0.1) is 0 Å². The van der Waals surface area contributed by atoms with Crippen molar-refractivity contribution in [2.75, 3.05) is 0 Å². The molecule has 0 aliphatic heterocycles. The zero-order valence-corrected chi connectivity index (χ0v) is 19.8. The molecule has 0 fully saturated rings. The maximum atomic E-state index is 3.90. The van der Waals surface area contributed by atoms with E-state index in [1.54, 1.807) is 0 Å². The molecule has 0 N–H and O–H groups in total. The van der Waals surface area contributed by atoms with Crippen LogP contribution in [-0.4, -0.2) is 0 Å². The minimum absolute atomic E-state index is 0.385. The number of hydrogen-bond acceptors (Lipinski definition) is 0. The van der Waals surface area contributed by atoms with Crippen molar-refractivity contribution in [1.82, 2.24) is 0 Å². The fraction of sp³-hybridized carbons (Fsp3) is 0.0345. The second-order valence-electron chi connectivity index (χ2n) is 8.00. The Morgan fingerprint density at radius 2 is 1.10 bits per heavy atom. The van der Waals surface area contributed by atoms with E-state index in [2.05, 4.69) is 141 Å². The van der Waals surface area contributed by atoms with E-state index >= 15 is 0 Å². The summed E-state index contributed by atoms with van der Waals surface area (Å²) in [6.45, 7) is 0. The fourth-order valence-corrected chi connectivity index (χ4v) is 6.21. The van der Waals surface area contributed by atoms with Crippen LogP contribution in [0.4, 0.5) is 0 Å². The summed E-state index contributed by atoms with van der Waals surface area (Å²) in [7, 11) is 0. The molecule has 5 aromatic carbocycles. The topological polar surface area (TPSA) is 0 Å². The first-order chi connectivity index (χ1) is 15.2. The number of hydrogen-bond donors (Lipinski definition) is 0. The molecule has 148 valence electrons. The molecular formula is C29H18Br2. The van der Waals surface area contributed by atoms with Gasteiger partial charge < -0.3 is 0 Å². The van der Waals surface area contributed by atoms with Crippen LogP contribution >= 0.6 is 31.9 Å². The molecule has 31 heavy (non-hydrogen) atoms. The lowest BCUT2D eigenvalue weighted by atomic mass is 9.67. The normalized spacial score (nSPS) is 13.7. The summed E-state index contributed by atoms with van der Waals surface area (Å²) >= 11 is 7.66. The molecule has 0 bridgehead atoms. The number of benzene rings is 5. The van der Waals surface area contributed by atoms with Gasteiger partial charge in [0.05, 0.1) is 5.41 Å². The molecule has 0 radical (unpaired) electrons. The van der Waals surface area contributed by atoms with Gasteiger partial charge in [0, 0.05) is 8.95 Å². The van der Waals surface area contributed by atoms with Crippen molar-refractivity contribution in [3.05, 3.63) is 140 Å². The molecule has 0 atom stereocenters. The quantitative estimate of drug-likeness (QED) is 0.212. The number of halogens is 2. The first-order valence-electron chi connectivity index (χ1n) is 10.3. The molecule has 2 heteroatoms. The van der Waals surface area contributed by atoms with E-state index < -0.39 is 0 Å². The molecule has 0 saturated heterocycles. The average molecular weight is 526 g/mol. The van der Waals surface area contributed by atoms with Gasteiger partial charge in [-0.25, -0.2) is 0 Å². The van der Waals surface area contributed by atoms with Gasteiger partial charge in [0.15, 0.2) is 0 Å². The van der Waals surface area contributed by atoms with Gasteiger partial charge in [-0.15, -0.1) is 0 Å². The molecule has 1 aliphatic rings. The monoisotopic (exact) mass is 524 g/mol. The van der Waals surface area contributed by atoms with E-state index in [4.69, 9.17) is 0 Å². The van der Waals surface area contributed by atoms with E-state index in [0.29, 0.717) is 0 Å². The van der Waals surface area contributed by atoms with Crippen LogP contribution in [0.15, 0.2) is 118 Å². The van der Waals surface area contributed by atoms with Crippen LogP contribution in [0.5, 0.6) is 0 Å². The Morgan fingerprint density at radius 1 is 0.516 bits per heavy atom. The van der Waals surface area contributed by atoms with Crippen molar-refractivity contribution in [2.24, 2.45) is 0 Å². The molecule has 0 spiro atoms. The number of fused-ring (bicyclic) bond motifs is 5. The van der Waals surface area contributed by atoms with Crippen molar-refractivity contribution < 1.29 is 0 Å². The Bertz CT molecular complexity index is 1400. The molecule has 0 saturated carbocycles. The van der Waals surface area contributed by atoms with Gasteiger partial charge in [-0.1, -0.05) is 123 Å². The van der Waals surface area contributed by atoms with E-state index in [9.17, 15) is 0 Å². The third-order valence-corrected chi connectivity index (χ3v) is 7.62. The van der Waals surface area contributed by atoms with Crippen molar-refractivity contribution in [3.63, 3.8) is 0 Å². The van der Waals surface area contributed by atoms with Gasteiger partial charge in [-0.2, -0.15) is 0 Å². The lowest BCUT2D eigenvalue weighted by Crippen LogP contribution is -2.28. The SMILES string of the molecule is Brc1ccc2c(c1)C(c1ccccc1)(c1ccccc1)c1cc(Br)c3ccccc3c1-2. The van der Waals surface area contributed by atoms with E-state index in [1.807, 2.05) is 0 Å². The van der Waals surface area contributed by atoms with Gasteiger partial charge in [-0.05, 0) is 62.4 Å². The summed E-state index contributed by atoms with van der Waals surface area (Å²) in [5.74, 6) is 0. The first-order valence-corrected chi connectivity index (χ1v) is 11.9. The molecule has 0 aromatic heterocycles. The standard InChI is InChI=1S/C29H18Br2/c30-21-15-16-24-25(17-21)29(19-9-3-1-4-10-19,20-11-5-2-6-12-20)26-18-27(31)22-13-7-8-14-23(22)28(24)26/h1-18H. The third-order valence-electron chi connectivity index (χ3n) is 6.47. The van der Waals surface area contributed by atoms with E-state index in [1.165, 1.54) is 44.2 Å². The molecule has 0 heterocycles. The Morgan fingerprint density at radius 3 is 1.74 bits per heavy atom. The highest BCUT2D eigenvalue weighted by molar-refractivity contribution is 9.11. The van der Waals surface area contributed by atoms with Gasteiger partial charge in [-0.3, -0.25) is 0 Å². The predicted octanol–water partition coefficient (Wildman–Crippen LogP) is 8.73. The fourth-order valence-electron chi connectivity index (χ4n) is 5.27. The Kier molecular flexibility index (Phi) is 4.41. The smallest absolute Gasteiger partial charge is 0.0622 e. The van der Waals surface area contributed by atoms with Crippen LogP contribution in [0.2, 0.25) is 0 Å². The maximum absolute atomic E-state index is 3.90. The highest BCUT2D eigenvalue weighted by atomic mass is 79.9. The van der Waals surface area contributed by atoms with Crippen molar-refractivity contribution >= 4 is 42.6 Å². The highest BCUT2D eigenvalue weighted by Gasteiger charge is 2.47. The van der Waals surface area contributed by atoms with Gasteiger partial charge in [0.1, 0.15) is 0 Å². The zero-order chi connectivity index (χ0) is 21.0. The molecule has 0 nitrogen and oxygen atoms in total. The largest absolute Gasteiger partial charge is 0.0714 e. The molecule has 6 rings (SSSR count). The zero-order valence-electron chi connectivity index (χ0n) is 16.6. The third kappa shape index (κ3) is 2.65. The molecule has 1 aliphatic carbocycles. The van der Waals surface area contributed by atoms with Crippen LogP contribution in [0.25, 0.3) is 21.9 Å². The molecular weight excluding hydrogens is 508 g/mol. The average Bonchev–Trinajstić information content (AvgIpc) is 3.10. The lowest BCUT2D eigenvalue weighted by molar-refractivity contribution is 0.768. The van der Waals surface area contributed by atoms with E-state index in [0.717, 1.165) is 8.95 Å². The second kappa shape index (κ2) is 7.19. The minimum atomic E-state index is -0.385. The highest BCUT2D eigenvalue weighted by Crippen LogP contribution is 2.58. The summed E-state index contributed by atoms with van der Waals surface area (Å²) in [6, 6.07) is 39.6. The predicted molar refractivity (Wildman–Crippen MR) is 137 cm³/mol. The Balaban J connectivity index is 1.88. The maximum Gasteiger partial charge on any atom is 0.0714 e. The summed E-state index contributed by atoms with van der Waals surface area (Å²) in [6.07, 6.45) is 0. The van der Waals surface area contributed by atoms with Crippen molar-refractivity contribution in [3.8, 4) is 11.1 Å². The molecule has 0 amide bonds. The minimum Gasteiger partial charge on any atom is -0.0622 e. The Labute approximate surface area is 198 Å². The van der Waals surface area contributed by atoms with Crippen LogP contribution in [0.1, 0.15) is 22.3 Å². The lowest BCUT2D eigenvalue weighted by Gasteiger charge is -2.34. The van der Waals surface area contributed by atoms with Crippen LogP contribution < -0.4 is 0 Å². The second-order valence-corrected chi connectivity index (χ2v) is 9.77. The van der Waals surface area contributed by atoms with Crippen LogP contribution in [-0.2, 0) is 5.41 Å². The number of rotatable bonds is 2. The van der Waals surface area contributed by atoms with E-state index in [-0.39, 0.29) is 5.41 Å². The summed E-state index contributed by atoms with van der Waals surface area (Å²) in [5, 5.41) is 2.52. The molecule has 0 unspecified atom stereocenters. The summed E-state index contributed by atoms with van der Waals surface area (Å²) in [4.78, 5) is 0. The van der Waals surface area contributed by atoms with Crippen LogP contribution in [0.3, 0.4) is 0 Å². The van der Waals surface area contributed by atoms with Gasteiger partial charge >= 0.3 is 0 Å². The van der Waals surface area contributed by atoms with Gasteiger partial charge in [0.25, 0.3) is 0 Å².